The van der Waals surface area contributed by atoms with Crippen LogP contribution in [0.4, 0.5) is 0 Å². The first-order chi connectivity index (χ1) is 70.0. The van der Waals surface area contributed by atoms with Gasteiger partial charge in [0.05, 0.1) is 62.0 Å². The number of aryl methyl sites for hydroxylation is 11. The van der Waals surface area contributed by atoms with E-state index < -0.39 is 0 Å². The van der Waals surface area contributed by atoms with Crippen LogP contribution in [-0.2, 0) is 0 Å². The number of benzene rings is 1. The van der Waals surface area contributed by atoms with Crippen LogP contribution in [0.25, 0.3) is 120 Å². The van der Waals surface area contributed by atoms with Gasteiger partial charge in [-0.3, -0.25) is 89.7 Å². The van der Waals surface area contributed by atoms with Gasteiger partial charge in [0.1, 0.15) is 0 Å². The highest BCUT2D eigenvalue weighted by atomic mass is 14.8. The van der Waals surface area contributed by atoms with Crippen LogP contribution in [0, 0.1) is 76.2 Å². The van der Waals surface area contributed by atoms with Crippen molar-refractivity contribution in [3.05, 3.63) is 399 Å². The zero-order valence-electron chi connectivity index (χ0n) is 91.1. The highest BCUT2D eigenvalue weighted by molar-refractivity contribution is 5.84. The van der Waals surface area contributed by atoms with Gasteiger partial charge in [0.2, 0.25) is 0 Å². The maximum Gasteiger partial charge on any atom is 0.159 e. The molecule has 22 heteroatoms. The number of hydrogen-bond acceptors (Lipinski definition) is 22. The SMILES string of the molecule is CC.CC.CC.CC.CC.CC.CC.CC.CC.CC.CC.Cc1cc2ccncc2cn1.Cc1cc2cnccc2cn1.Cc1cc2ncccc2cn1.Cc1ccc2cccnc2n1.Cc1ccc2ccncc2n1.Cc1ccc2cnccc2n1.Cc1ccc2nccnc2c1.Cc1cnc2cccnc2c1.Cc1cnc2ccncc2c1.Cc1cnc2cnccc2c1.Cc1cnc2ncccc2c1. The van der Waals surface area contributed by atoms with E-state index in [9.17, 15) is 0 Å². The monoisotopic (exact) mass is 1920 g/mol. The summed E-state index contributed by atoms with van der Waals surface area (Å²) in [6.45, 7) is 66.0. The second-order valence-electron chi connectivity index (χ2n) is 28.0. The second-order valence-corrected chi connectivity index (χ2v) is 28.0. The van der Waals surface area contributed by atoms with E-state index in [1.165, 1.54) is 27.6 Å². The van der Waals surface area contributed by atoms with Gasteiger partial charge in [-0.2, -0.15) is 0 Å². The molecule has 0 aliphatic heterocycles. The summed E-state index contributed by atoms with van der Waals surface area (Å²) in [4.78, 5) is 91.3. The van der Waals surface area contributed by atoms with Gasteiger partial charge in [-0.05, 0) is 279 Å². The van der Waals surface area contributed by atoms with E-state index >= 15 is 0 Å². The molecule has 21 heterocycles. The van der Waals surface area contributed by atoms with Gasteiger partial charge in [-0.15, -0.1) is 0 Å². The third kappa shape index (κ3) is 46.7. The lowest BCUT2D eigenvalue weighted by atomic mass is 10.2. The molecule has 0 N–H and O–H groups in total. The summed E-state index contributed by atoms with van der Waals surface area (Å²) < 4.78 is 0. The summed E-state index contributed by atoms with van der Waals surface area (Å²) in [6, 6.07) is 59.9. The van der Waals surface area contributed by atoms with Gasteiger partial charge in [-0.1, -0.05) is 164 Å². The Bertz CT molecular complexity index is 5680. The summed E-state index contributed by atoms with van der Waals surface area (Å²) in [5.74, 6) is 0. The van der Waals surface area contributed by atoms with Crippen LogP contribution in [-0.4, -0.2) is 110 Å². The van der Waals surface area contributed by atoms with Crippen molar-refractivity contribution in [2.45, 2.75) is 228 Å². The highest BCUT2D eigenvalue weighted by Gasteiger charge is 2.02. The third-order valence-corrected chi connectivity index (χ3v) is 17.9. The highest BCUT2D eigenvalue weighted by Crippen LogP contribution is 2.19. The van der Waals surface area contributed by atoms with E-state index in [1.807, 2.05) is 448 Å². The van der Waals surface area contributed by atoms with Gasteiger partial charge in [0, 0.05) is 231 Å². The summed E-state index contributed by atoms with van der Waals surface area (Å²) in [6.07, 6.45) is 45.0. The molecule has 0 aliphatic carbocycles. The molecule has 748 valence electrons. The minimum absolute atomic E-state index is 0.818. The Kier molecular flexibility index (Phi) is 67.4. The summed E-state index contributed by atoms with van der Waals surface area (Å²) in [5, 5.41) is 12.4. The van der Waals surface area contributed by atoms with Gasteiger partial charge in [0.15, 0.2) is 11.3 Å². The molecule has 22 nitrogen and oxygen atoms in total. The van der Waals surface area contributed by atoms with Gasteiger partial charge < -0.3 is 0 Å². The van der Waals surface area contributed by atoms with Crippen LogP contribution < -0.4 is 0 Å². The Morgan fingerprint density at radius 2 is 0.490 bits per heavy atom. The summed E-state index contributed by atoms with van der Waals surface area (Å²) >= 11 is 0. The van der Waals surface area contributed by atoms with Crippen LogP contribution >= 0.6 is 0 Å². The van der Waals surface area contributed by atoms with Crippen LogP contribution in [0.15, 0.2) is 337 Å². The number of rotatable bonds is 0. The van der Waals surface area contributed by atoms with E-state index in [-0.39, 0.29) is 0 Å². The lowest BCUT2D eigenvalue weighted by Gasteiger charge is -1.95. The largest absolute Gasteiger partial charge is 0.264 e. The summed E-state index contributed by atoms with van der Waals surface area (Å²) in [7, 11) is 0. The van der Waals surface area contributed by atoms with Crippen LogP contribution in [0.1, 0.15) is 214 Å². The number of nitrogens with zero attached hydrogens (tertiary/aromatic N) is 22. The molecular formula is C121H154N22. The average molecular weight is 1920 g/mol. The lowest BCUT2D eigenvalue weighted by Crippen LogP contribution is -1.84. The zero-order chi connectivity index (χ0) is 106. The molecule has 1 aromatic carbocycles. The maximum absolute atomic E-state index is 4.34. The van der Waals surface area contributed by atoms with Crippen molar-refractivity contribution < 1.29 is 0 Å². The molecule has 0 spiro atoms. The van der Waals surface area contributed by atoms with Crippen LogP contribution in [0.5, 0.6) is 0 Å². The molecule has 0 bridgehead atoms. The molecule has 22 aromatic rings. The molecule has 0 saturated heterocycles. The normalized spacial score (nSPS) is 9.15. The van der Waals surface area contributed by atoms with Gasteiger partial charge >= 0.3 is 0 Å². The van der Waals surface area contributed by atoms with Crippen molar-refractivity contribution in [2.75, 3.05) is 0 Å². The predicted molar refractivity (Wildman–Crippen MR) is 612 cm³/mol. The first-order valence-corrected chi connectivity index (χ1v) is 49.9. The first-order valence-electron chi connectivity index (χ1n) is 49.9. The minimum Gasteiger partial charge on any atom is -0.264 e. The molecule has 21 aromatic heterocycles. The molecule has 0 amide bonds. The third-order valence-electron chi connectivity index (χ3n) is 17.9. The van der Waals surface area contributed by atoms with E-state index in [4.69, 9.17) is 0 Å². The molecule has 0 aliphatic rings. The van der Waals surface area contributed by atoms with Crippen LogP contribution in [0.2, 0.25) is 0 Å². The topological polar surface area (TPSA) is 284 Å². The van der Waals surface area contributed by atoms with Gasteiger partial charge in [0.25, 0.3) is 0 Å². The quantitative estimate of drug-likeness (QED) is 0.136. The molecular weight excluding hydrogens is 1760 g/mol. The Labute approximate surface area is 851 Å². The van der Waals surface area contributed by atoms with Crippen molar-refractivity contribution in [2.24, 2.45) is 0 Å². The first kappa shape index (κ1) is 125. The fourth-order valence-corrected chi connectivity index (χ4v) is 11.8. The summed E-state index contributed by atoms with van der Waals surface area (Å²) in [5.41, 5.74) is 22.5. The molecule has 0 unspecified atom stereocenters. The number of hydrogen-bond donors (Lipinski definition) is 0. The predicted octanol–water partition coefficient (Wildman–Crippen LogP) is 32.6. The Hall–Kier alpha value is -15.8. The zero-order valence-corrected chi connectivity index (χ0v) is 91.1. The lowest BCUT2D eigenvalue weighted by molar-refractivity contribution is 1.20. The van der Waals surface area contributed by atoms with E-state index in [2.05, 4.69) is 140 Å². The fraction of sp³-hybridized carbons (Fsp3) is 0.273. The standard InChI is InChI=1S/11C9H8N2.11C2H6/c1-7-4-9-5-10-3-2-8(9)6-11-7;1-7-4-8-2-3-10-5-9(8)6-11-7;1-7-4-8-6-10-3-2-9(8)11-5-7;1-7-4-8-2-3-10-6-9(8)11-5-7;1-7-2-3-8-6-10-5-4-9(8)11-7;1-7-2-3-8-4-5-10-6-9(8)11-7;1-7-2-3-8-9(6-7)11-5-4-10-8;1-7-4-5-8-3-2-6-10-9(8)11-7;1-7-5-9-8(6-11-7)3-2-4-10-9;1-7-5-9-8(11-6-7)3-2-4-10-9;1-7-5-8-3-2-4-10-9(8)11-6-7;11*1-2/h11*2-6H,1H3;11*1-2H3. The molecule has 0 radical (unpaired) electrons. The number of fused-ring (bicyclic) bond motifs is 11. The second kappa shape index (κ2) is 77.0. The number of aromatic nitrogens is 22. The molecule has 143 heavy (non-hydrogen) atoms. The van der Waals surface area contributed by atoms with Gasteiger partial charge in [-0.25, -0.2) is 19.9 Å². The number of pyridine rings is 20. The van der Waals surface area contributed by atoms with Crippen molar-refractivity contribution in [3.63, 3.8) is 0 Å². The van der Waals surface area contributed by atoms with E-state index in [0.29, 0.717) is 0 Å². The van der Waals surface area contributed by atoms with Crippen molar-refractivity contribution >= 4 is 120 Å². The minimum atomic E-state index is 0.818. The Morgan fingerprint density at radius 3 is 1.09 bits per heavy atom. The molecule has 22 rings (SSSR count). The molecule has 0 atom stereocenters. The average Bonchev–Trinajstić information content (AvgIpc) is 0.929. The van der Waals surface area contributed by atoms with Crippen LogP contribution in [0.3, 0.4) is 0 Å². The van der Waals surface area contributed by atoms with Crippen molar-refractivity contribution in [1.82, 2.24) is 110 Å². The molecule has 0 saturated carbocycles. The fourth-order valence-electron chi connectivity index (χ4n) is 11.8. The van der Waals surface area contributed by atoms with E-state index in [1.54, 1.807) is 86.8 Å². The Balaban J connectivity index is 0.000000771. The van der Waals surface area contributed by atoms with Crippen molar-refractivity contribution in [1.29, 1.82) is 0 Å². The maximum atomic E-state index is 4.34. The van der Waals surface area contributed by atoms with E-state index in [0.717, 1.165) is 155 Å². The van der Waals surface area contributed by atoms with Crippen molar-refractivity contribution in [3.8, 4) is 0 Å². The smallest absolute Gasteiger partial charge is 0.159 e. The Morgan fingerprint density at radius 1 is 0.133 bits per heavy atom. The molecule has 0 fully saturated rings.